The molecule has 0 spiro atoms. The summed E-state index contributed by atoms with van der Waals surface area (Å²) in [5.41, 5.74) is 4.44. The minimum Gasteiger partial charge on any atom is -0.398 e. The minimum absolute atomic E-state index is 0.168. The first-order chi connectivity index (χ1) is 5.49. The van der Waals surface area contributed by atoms with Crippen molar-refractivity contribution in [2.24, 2.45) is 0 Å². The molecule has 0 aromatic heterocycles. The molecule has 0 atom stereocenters. The van der Waals surface area contributed by atoms with Gasteiger partial charge in [0.2, 0.25) is 0 Å². The molecule has 0 aliphatic rings. The fraction of sp³-hybridized carbons (Fsp3) is 0. The topological polar surface area (TPSA) is 26.0 Å². The van der Waals surface area contributed by atoms with Gasteiger partial charge in [-0.05, 0) is 12.1 Å². The van der Waals surface area contributed by atoms with Crippen molar-refractivity contribution in [3.63, 3.8) is 0 Å². The highest BCUT2D eigenvalue weighted by Crippen LogP contribution is 3.02. The largest absolute Gasteiger partial charge is 0.398 e. The zero-order valence-electron chi connectivity index (χ0n) is 6.11. The van der Waals surface area contributed by atoms with Gasteiger partial charge < -0.3 is 5.73 Å². The van der Waals surface area contributed by atoms with Gasteiger partial charge in [0.1, 0.15) is 4.90 Å². The van der Waals surface area contributed by atoms with Gasteiger partial charge in [0.25, 0.3) is 0 Å². The third kappa shape index (κ3) is 2.48. The van der Waals surface area contributed by atoms with E-state index in [1.165, 1.54) is 0 Å². The molecule has 0 saturated heterocycles. The van der Waals surface area contributed by atoms with E-state index in [0.29, 0.717) is 6.07 Å². The molecule has 0 saturated carbocycles. The molecule has 0 heterocycles. The maximum Gasteiger partial charge on any atom is 0.310 e. The molecular formula is C6H5F5NS. The van der Waals surface area contributed by atoms with Crippen LogP contribution in [0.4, 0.5) is 25.1 Å². The third-order valence-electron chi connectivity index (χ3n) is 1.24. The number of nitrogens with two attached hydrogens (primary N) is 1. The number of benzene rings is 1. The average molecular weight is 218 g/mol. The predicted molar refractivity (Wildman–Crippen MR) is 41.1 cm³/mol. The normalized spacial score (nSPS) is 17.6. The highest BCUT2D eigenvalue weighted by Gasteiger charge is 2.65. The molecule has 7 heteroatoms. The van der Waals surface area contributed by atoms with Crippen molar-refractivity contribution in [1.29, 1.82) is 0 Å². The summed E-state index contributed by atoms with van der Waals surface area (Å²) < 4.78 is 60.3. The Bertz CT molecular complexity index is 342. The van der Waals surface area contributed by atoms with Crippen LogP contribution < -0.4 is 5.73 Å². The van der Waals surface area contributed by atoms with Crippen LogP contribution >= 0.6 is 10.2 Å². The van der Waals surface area contributed by atoms with Gasteiger partial charge in [0.05, 0.1) is 0 Å². The average Bonchev–Trinajstić information content (AvgIpc) is 1.82. The van der Waals surface area contributed by atoms with E-state index in [2.05, 4.69) is 6.07 Å². The second-order valence-electron chi connectivity index (χ2n) is 2.45. The summed E-state index contributed by atoms with van der Waals surface area (Å²) in [6.45, 7) is 0. The number of rotatable bonds is 1. The van der Waals surface area contributed by atoms with Crippen LogP contribution in [0.25, 0.3) is 0 Å². The summed E-state index contributed by atoms with van der Waals surface area (Å²) in [7, 11) is -9.56. The number of hydrogen-bond donors (Lipinski definition) is 1. The molecule has 1 aromatic carbocycles. The lowest BCUT2D eigenvalue weighted by atomic mass is 10.3. The van der Waals surface area contributed by atoms with Crippen molar-refractivity contribution in [2.75, 3.05) is 5.73 Å². The van der Waals surface area contributed by atoms with E-state index in [0.717, 1.165) is 0 Å². The molecule has 1 aromatic rings. The zero-order valence-corrected chi connectivity index (χ0v) is 6.92. The Kier molecular flexibility index (Phi) is 1.49. The van der Waals surface area contributed by atoms with Gasteiger partial charge in [-0.1, -0.05) is 25.5 Å². The fourth-order valence-electron chi connectivity index (χ4n) is 0.703. The standard InChI is InChI=1S/C6H5F5NS/c7-13(8,9,10,11)6-3-1-2-5(12)4-6/h1,3-4H,12H2. The molecule has 0 aliphatic heterocycles. The molecular weight excluding hydrogens is 213 g/mol. The van der Waals surface area contributed by atoms with Gasteiger partial charge in [-0.2, -0.15) is 0 Å². The van der Waals surface area contributed by atoms with Crippen molar-refractivity contribution in [3.05, 3.63) is 24.3 Å². The zero-order chi connectivity index (χ0) is 10.4. The van der Waals surface area contributed by atoms with Crippen molar-refractivity contribution >= 4 is 15.9 Å². The molecule has 2 N–H and O–H groups in total. The molecule has 13 heavy (non-hydrogen) atoms. The van der Waals surface area contributed by atoms with Gasteiger partial charge in [0, 0.05) is 11.8 Å². The summed E-state index contributed by atoms with van der Waals surface area (Å²) in [5, 5.41) is 0. The highest BCUT2D eigenvalue weighted by atomic mass is 32.5. The Hall–Kier alpha value is -0.980. The van der Waals surface area contributed by atoms with Crippen LogP contribution in [0.1, 0.15) is 0 Å². The third-order valence-corrected chi connectivity index (χ3v) is 2.39. The van der Waals surface area contributed by atoms with Crippen molar-refractivity contribution in [2.45, 2.75) is 4.90 Å². The van der Waals surface area contributed by atoms with E-state index >= 15 is 0 Å². The van der Waals surface area contributed by atoms with Gasteiger partial charge in [-0.25, -0.2) is 0 Å². The Morgan fingerprint density at radius 3 is 2.00 bits per heavy atom. The molecule has 1 radical (unpaired) electrons. The molecule has 75 valence electrons. The van der Waals surface area contributed by atoms with Crippen LogP contribution in [-0.4, -0.2) is 0 Å². The first kappa shape index (κ1) is 10.1. The van der Waals surface area contributed by atoms with Crippen LogP contribution in [0, 0.1) is 6.07 Å². The fourth-order valence-corrected chi connectivity index (χ4v) is 1.38. The molecule has 1 nitrogen and oxygen atoms in total. The maximum absolute atomic E-state index is 12.1. The summed E-state index contributed by atoms with van der Waals surface area (Å²) >= 11 is 0. The summed E-state index contributed by atoms with van der Waals surface area (Å²) in [4.78, 5) is -1.99. The molecule has 0 fully saturated rings. The molecule has 1 rings (SSSR count). The lowest BCUT2D eigenvalue weighted by Crippen LogP contribution is -2.06. The van der Waals surface area contributed by atoms with Gasteiger partial charge in [-0.15, -0.1) is 0 Å². The van der Waals surface area contributed by atoms with Crippen molar-refractivity contribution in [1.82, 2.24) is 0 Å². The molecule has 0 unspecified atom stereocenters. The number of nitrogen functional groups attached to an aromatic ring is 1. The maximum atomic E-state index is 12.1. The molecule has 0 bridgehead atoms. The van der Waals surface area contributed by atoms with Crippen molar-refractivity contribution in [3.8, 4) is 0 Å². The molecule has 0 amide bonds. The van der Waals surface area contributed by atoms with Crippen LogP contribution in [-0.2, 0) is 0 Å². The lowest BCUT2D eigenvalue weighted by molar-refractivity contribution is 0.364. The first-order valence-corrected chi connectivity index (χ1v) is 4.95. The van der Waals surface area contributed by atoms with Crippen LogP contribution in [0.15, 0.2) is 23.1 Å². The number of hydrogen-bond acceptors (Lipinski definition) is 1. The second kappa shape index (κ2) is 1.92. The monoisotopic (exact) mass is 218 g/mol. The van der Waals surface area contributed by atoms with Crippen LogP contribution in [0.2, 0.25) is 0 Å². The van der Waals surface area contributed by atoms with Gasteiger partial charge in [-0.3, -0.25) is 0 Å². The second-order valence-corrected chi connectivity index (χ2v) is 4.86. The van der Waals surface area contributed by atoms with E-state index in [-0.39, 0.29) is 12.1 Å². The quantitative estimate of drug-likeness (QED) is 0.564. The number of anilines is 1. The van der Waals surface area contributed by atoms with E-state index in [9.17, 15) is 19.4 Å². The lowest BCUT2D eigenvalue weighted by Gasteiger charge is -2.40. The Balaban J connectivity index is 3.41. The SMILES string of the molecule is Nc1[c]ccc(S(F)(F)(F)(F)F)c1. The Morgan fingerprint density at radius 1 is 1.15 bits per heavy atom. The van der Waals surface area contributed by atoms with E-state index < -0.39 is 20.8 Å². The Morgan fingerprint density at radius 2 is 1.69 bits per heavy atom. The van der Waals surface area contributed by atoms with E-state index in [4.69, 9.17) is 5.73 Å². The Labute approximate surface area is 71.1 Å². The van der Waals surface area contributed by atoms with Crippen LogP contribution in [0.5, 0.6) is 0 Å². The van der Waals surface area contributed by atoms with E-state index in [1.807, 2.05) is 0 Å². The van der Waals surface area contributed by atoms with Crippen LogP contribution in [0.3, 0.4) is 0 Å². The summed E-state index contributed by atoms with van der Waals surface area (Å²) in [6.07, 6.45) is 0. The van der Waals surface area contributed by atoms with Gasteiger partial charge >= 0.3 is 10.2 Å². The van der Waals surface area contributed by atoms with E-state index in [1.54, 1.807) is 0 Å². The van der Waals surface area contributed by atoms with Gasteiger partial charge in [0.15, 0.2) is 0 Å². The minimum atomic E-state index is -9.56. The molecule has 0 aliphatic carbocycles. The smallest absolute Gasteiger partial charge is 0.310 e. The summed E-state index contributed by atoms with van der Waals surface area (Å²) in [5.74, 6) is 0. The first-order valence-electron chi connectivity index (χ1n) is 3.00. The predicted octanol–water partition coefficient (Wildman–Crippen LogP) is 3.73. The number of halogens is 5. The highest BCUT2D eigenvalue weighted by molar-refractivity contribution is 8.45. The summed E-state index contributed by atoms with van der Waals surface area (Å²) in [6, 6.07) is 3.27. The van der Waals surface area contributed by atoms with Crippen molar-refractivity contribution < 1.29 is 19.4 Å².